The average molecular weight is 458 g/mol. The molecular formula is C21H21F3N8O. The van der Waals surface area contributed by atoms with Crippen molar-refractivity contribution in [3.8, 4) is 0 Å². The number of halogens is 3. The van der Waals surface area contributed by atoms with E-state index in [4.69, 9.17) is 0 Å². The number of piperazine rings is 1. The maximum Gasteiger partial charge on any atom is 0.454 e. The van der Waals surface area contributed by atoms with Crippen molar-refractivity contribution < 1.29 is 18.0 Å². The Morgan fingerprint density at radius 2 is 1.73 bits per heavy atom. The van der Waals surface area contributed by atoms with Gasteiger partial charge in [0, 0.05) is 69.2 Å². The first-order chi connectivity index (χ1) is 15.8. The van der Waals surface area contributed by atoms with Crippen LogP contribution >= 0.6 is 0 Å². The van der Waals surface area contributed by atoms with Gasteiger partial charge >= 0.3 is 6.18 Å². The molecule has 0 unspecified atom stereocenters. The fourth-order valence-electron chi connectivity index (χ4n) is 4.07. The first-order valence-corrected chi connectivity index (χ1v) is 10.4. The number of nitrogens with zero attached hydrogens (tertiary/aromatic N) is 7. The Kier molecular flexibility index (Phi) is 5.16. The molecule has 0 saturated carbocycles. The molecule has 0 spiro atoms. The van der Waals surface area contributed by atoms with Gasteiger partial charge in [0.25, 0.3) is 5.78 Å². The molecule has 2 aromatic heterocycles. The van der Waals surface area contributed by atoms with Crippen molar-refractivity contribution in [1.82, 2.24) is 35.1 Å². The Labute approximate surface area is 187 Å². The molecule has 0 amide bonds. The van der Waals surface area contributed by atoms with E-state index in [1.54, 1.807) is 4.68 Å². The quantitative estimate of drug-likeness (QED) is 0.694. The summed E-state index contributed by atoms with van der Waals surface area (Å²) in [5.41, 5.74) is 7.20. The highest BCUT2D eigenvalue weighted by Crippen LogP contribution is 2.29. The number of Topliss-reactive ketones (excluding diaryl/α,β-unsaturated/α-hetero) is 1. The second kappa shape index (κ2) is 8.03. The summed E-state index contributed by atoms with van der Waals surface area (Å²) >= 11 is 0. The Morgan fingerprint density at radius 3 is 2.36 bits per heavy atom. The van der Waals surface area contributed by atoms with E-state index in [0.717, 1.165) is 29.2 Å². The normalized spacial score (nSPS) is 18.7. The number of hydrogen-bond donors (Lipinski definition) is 1. The van der Waals surface area contributed by atoms with Crippen LogP contribution in [0.5, 0.6) is 0 Å². The summed E-state index contributed by atoms with van der Waals surface area (Å²) in [6.45, 7) is 3.36. The number of hydrogen-bond acceptors (Lipinski definition) is 8. The number of carbonyl (C=O) groups is 1. The molecule has 0 aliphatic carbocycles. The zero-order chi connectivity index (χ0) is 23.2. The van der Waals surface area contributed by atoms with Crippen molar-refractivity contribution >= 4 is 17.3 Å². The van der Waals surface area contributed by atoms with E-state index in [9.17, 15) is 18.0 Å². The lowest BCUT2D eigenvalue weighted by Gasteiger charge is -2.36. The van der Waals surface area contributed by atoms with Crippen molar-refractivity contribution in [3.05, 3.63) is 65.7 Å². The number of alkyl halides is 3. The zero-order valence-electron chi connectivity index (χ0n) is 17.7. The minimum Gasteiger partial charge on any atom is -0.368 e. The first kappa shape index (κ1) is 21.2. The molecular weight excluding hydrogens is 437 g/mol. The lowest BCUT2D eigenvalue weighted by molar-refractivity contribution is -0.0885. The molecule has 1 N–H and O–H groups in total. The molecule has 12 heteroatoms. The number of ketones is 1. The number of hydrazine groups is 1. The summed E-state index contributed by atoms with van der Waals surface area (Å²) in [4.78, 5) is 23.5. The van der Waals surface area contributed by atoms with Gasteiger partial charge in [0.1, 0.15) is 0 Å². The summed E-state index contributed by atoms with van der Waals surface area (Å²) in [5, 5.41) is 6.24. The van der Waals surface area contributed by atoms with Crippen LogP contribution < -0.4 is 10.3 Å². The van der Waals surface area contributed by atoms with Crippen LogP contribution in [0.2, 0.25) is 0 Å². The summed E-state index contributed by atoms with van der Waals surface area (Å²) < 4.78 is 39.5. The van der Waals surface area contributed by atoms with Crippen molar-refractivity contribution in [2.45, 2.75) is 6.18 Å². The predicted octanol–water partition coefficient (Wildman–Crippen LogP) is 1.72. The predicted molar refractivity (Wildman–Crippen MR) is 113 cm³/mol. The van der Waals surface area contributed by atoms with E-state index in [1.165, 1.54) is 5.70 Å². The van der Waals surface area contributed by atoms with Gasteiger partial charge in [0.2, 0.25) is 5.95 Å². The van der Waals surface area contributed by atoms with Crippen LogP contribution in [-0.2, 0) is 7.05 Å². The number of aryl methyl sites for hydroxylation is 1. The Hall–Kier alpha value is -3.67. The molecule has 1 saturated heterocycles. The van der Waals surface area contributed by atoms with Gasteiger partial charge in [-0.2, -0.15) is 18.3 Å². The van der Waals surface area contributed by atoms with Crippen LogP contribution in [-0.4, -0.2) is 74.3 Å². The van der Waals surface area contributed by atoms with Gasteiger partial charge in [-0.15, -0.1) is 0 Å². The van der Waals surface area contributed by atoms with Crippen molar-refractivity contribution in [2.75, 3.05) is 37.6 Å². The number of fused-ring (bicyclic) bond motifs is 1. The fourth-order valence-corrected chi connectivity index (χ4v) is 4.07. The van der Waals surface area contributed by atoms with Crippen molar-refractivity contribution in [1.29, 1.82) is 0 Å². The molecule has 3 aliphatic rings. The molecule has 0 aromatic carbocycles. The number of allylic oxidation sites excluding steroid dienone is 3. The van der Waals surface area contributed by atoms with Gasteiger partial charge in [-0.1, -0.05) is 6.08 Å². The van der Waals surface area contributed by atoms with Crippen molar-refractivity contribution in [3.63, 3.8) is 0 Å². The Bertz CT molecular complexity index is 1160. The third kappa shape index (κ3) is 4.09. The van der Waals surface area contributed by atoms with Crippen LogP contribution in [0.4, 0.5) is 19.1 Å². The van der Waals surface area contributed by atoms with Gasteiger partial charge in [-0.3, -0.25) is 14.5 Å². The number of carbonyl (C=O) groups excluding carboxylic acids is 1. The Balaban J connectivity index is 1.23. The highest BCUT2D eigenvalue weighted by atomic mass is 19.4. The molecule has 9 nitrogen and oxygen atoms in total. The number of anilines is 1. The fraction of sp³-hybridized carbons (Fsp3) is 0.333. The highest BCUT2D eigenvalue weighted by molar-refractivity contribution is 5.99. The van der Waals surface area contributed by atoms with Crippen LogP contribution in [0.3, 0.4) is 0 Å². The zero-order valence-corrected chi connectivity index (χ0v) is 17.7. The maximum atomic E-state index is 12.6. The first-order valence-electron chi connectivity index (χ1n) is 10.4. The van der Waals surface area contributed by atoms with Crippen LogP contribution in [0.15, 0.2) is 54.5 Å². The lowest BCUT2D eigenvalue weighted by Crippen LogP contribution is -2.47. The molecule has 0 atom stereocenters. The van der Waals surface area contributed by atoms with E-state index in [0.29, 0.717) is 38.7 Å². The van der Waals surface area contributed by atoms with Gasteiger partial charge < -0.3 is 9.80 Å². The Morgan fingerprint density at radius 1 is 1.03 bits per heavy atom. The second-order valence-electron chi connectivity index (χ2n) is 7.93. The van der Waals surface area contributed by atoms with Crippen LogP contribution in [0.1, 0.15) is 15.9 Å². The summed E-state index contributed by atoms with van der Waals surface area (Å²) in [6, 6.07) is 0. The van der Waals surface area contributed by atoms with E-state index in [-0.39, 0.29) is 0 Å². The average Bonchev–Trinajstić information content (AvgIpc) is 3.44. The summed E-state index contributed by atoms with van der Waals surface area (Å²) in [5.74, 6) is -1.62. The van der Waals surface area contributed by atoms with E-state index in [2.05, 4.69) is 37.5 Å². The van der Waals surface area contributed by atoms with Gasteiger partial charge in [0.05, 0.1) is 29.7 Å². The molecule has 33 heavy (non-hydrogen) atoms. The standard InChI is InChI=1S/C21H21F3N8O/c1-29-12-16(10-27-29)14-2-3-17-18(11-28-32(17)13-14)30-4-6-31(7-5-30)20-25-8-15(9-26-20)19(33)21(22,23)24/h2-3,8-10,12-13,28H,4-7,11H2,1H3. The van der Waals surface area contributed by atoms with Crippen LogP contribution in [0.25, 0.3) is 5.57 Å². The highest BCUT2D eigenvalue weighted by Gasteiger charge is 2.39. The maximum absolute atomic E-state index is 12.6. The van der Waals surface area contributed by atoms with E-state index in [1.807, 2.05) is 35.6 Å². The minimum atomic E-state index is -4.93. The largest absolute Gasteiger partial charge is 0.454 e. The molecule has 172 valence electrons. The monoisotopic (exact) mass is 458 g/mol. The van der Waals surface area contributed by atoms with Gasteiger partial charge in [-0.25, -0.2) is 15.4 Å². The molecule has 0 bridgehead atoms. The van der Waals surface area contributed by atoms with Crippen LogP contribution in [0, 0.1) is 0 Å². The molecule has 2 aromatic rings. The smallest absolute Gasteiger partial charge is 0.368 e. The SMILES string of the molecule is Cn1cc(C2=CN3NCC(N4CCN(c5ncc(C(=O)C(F)(F)F)cn5)CC4)=C3C=C2)cn1. The van der Waals surface area contributed by atoms with Gasteiger partial charge in [0.15, 0.2) is 0 Å². The summed E-state index contributed by atoms with van der Waals surface area (Å²) in [6.07, 6.45) is 6.94. The third-order valence-corrected chi connectivity index (χ3v) is 5.80. The second-order valence-corrected chi connectivity index (χ2v) is 7.93. The summed E-state index contributed by atoms with van der Waals surface area (Å²) in [7, 11) is 1.88. The van der Waals surface area contributed by atoms with Crippen molar-refractivity contribution in [2.24, 2.45) is 7.05 Å². The lowest BCUT2D eigenvalue weighted by atomic mass is 10.1. The van der Waals surface area contributed by atoms with E-state index >= 15 is 0 Å². The molecule has 1 fully saturated rings. The minimum absolute atomic E-state index is 0.318. The molecule has 0 radical (unpaired) electrons. The van der Waals surface area contributed by atoms with E-state index < -0.39 is 17.5 Å². The number of nitrogens with one attached hydrogen (secondary N) is 1. The molecule has 3 aliphatic heterocycles. The van der Waals surface area contributed by atoms with Gasteiger partial charge in [-0.05, 0) is 6.08 Å². The third-order valence-electron chi connectivity index (χ3n) is 5.80. The number of aromatic nitrogens is 4. The number of rotatable bonds is 4. The topological polar surface area (TPSA) is 82.4 Å². The molecule has 5 heterocycles. The molecule has 5 rings (SSSR count).